The summed E-state index contributed by atoms with van der Waals surface area (Å²) in [6, 6.07) is 4.72. The SMILES string of the molecule is CC[C@H]1C[C@@H](CC(=O)NCCc2c[nH]c3ccc(F)cc23)CCO1. The second-order valence-electron chi connectivity index (χ2n) is 6.60. The Morgan fingerprint density at radius 3 is 3.17 bits per heavy atom. The molecule has 0 saturated carbocycles. The highest BCUT2D eigenvalue weighted by atomic mass is 19.1. The van der Waals surface area contributed by atoms with E-state index in [4.69, 9.17) is 4.74 Å². The fraction of sp³-hybridized carbons (Fsp3) is 0.526. The van der Waals surface area contributed by atoms with Crippen molar-refractivity contribution in [3.8, 4) is 0 Å². The first kappa shape index (κ1) is 17.0. The zero-order valence-electron chi connectivity index (χ0n) is 14.1. The van der Waals surface area contributed by atoms with E-state index in [-0.39, 0.29) is 11.7 Å². The summed E-state index contributed by atoms with van der Waals surface area (Å²) in [6.45, 7) is 3.46. The largest absolute Gasteiger partial charge is 0.378 e. The minimum absolute atomic E-state index is 0.0998. The maximum Gasteiger partial charge on any atom is 0.220 e. The Morgan fingerprint density at radius 2 is 2.33 bits per heavy atom. The number of carbonyl (C=O) groups is 1. The van der Waals surface area contributed by atoms with Crippen molar-refractivity contribution in [2.75, 3.05) is 13.2 Å². The summed E-state index contributed by atoms with van der Waals surface area (Å²) in [6.07, 6.45) is 6.41. The molecule has 2 heterocycles. The van der Waals surface area contributed by atoms with Gasteiger partial charge in [0.15, 0.2) is 0 Å². The molecule has 0 aliphatic carbocycles. The molecule has 1 aliphatic heterocycles. The van der Waals surface area contributed by atoms with Gasteiger partial charge in [-0.3, -0.25) is 4.79 Å². The highest BCUT2D eigenvalue weighted by Crippen LogP contribution is 2.24. The van der Waals surface area contributed by atoms with E-state index in [1.165, 1.54) is 12.1 Å². The first-order valence-corrected chi connectivity index (χ1v) is 8.79. The molecule has 2 N–H and O–H groups in total. The van der Waals surface area contributed by atoms with E-state index >= 15 is 0 Å². The van der Waals surface area contributed by atoms with Crippen molar-refractivity contribution in [3.63, 3.8) is 0 Å². The molecule has 130 valence electrons. The van der Waals surface area contributed by atoms with Crippen molar-refractivity contribution in [1.29, 1.82) is 0 Å². The summed E-state index contributed by atoms with van der Waals surface area (Å²) in [5.41, 5.74) is 1.95. The number of benzene rings is 1. The van der Waals surface area contributed by atoms with Crippen LogP contribution in [0.25, 0.3) is 10.9 Å². The van der Waals surface area contributed by atoms with Gasteiger partial charge in [-0.1, -0.05) is 6.92 Å². The highest BCUT2D eigenvalue weighted by molar-refractivity contribution is 5.83. The summed E-state index contributed by atoms with van der Waals surface area (Å²) >= 11 is 0. The quantitative estimate of drug-likeness (QED) is 0.850. The second kappa shape index (κ2) is 7.79. The molecule has 4 nitrogen and oxygen atoms in total. The Labute approximate surface area is 141 Å². The summed E-state index contributed by atoms with van der Waals surface area (Å²) in [5, 5.41) is 3.88. The van der Waals surface area contributed by atoms with E-state index in [0.717, 1.165) is 42.3 Å². The predicted molar refractivity (Wildman–Crippen MR) is 92.3 cm³/mol. The van der Waals surface area contributed by atoms with Gasteiger partial charge in [0.1, 0.15) is 5.82 Å². The number of rotatable bonds is 6. The van der Waals surface area contributed by atoms with E-state index in [9.17, 15) is 9.18 Å². The molecular weight excluding hydrogens is 307 g/mol. The number of fused-ring (bicyclic) bond motifs is 1. The molecule has 1 aromatic heterocycles. The third kappa shape index (κ3) is 4.15. The van der Waals surface area contributed by atoms with Gasteiger partial charge in [-0.2, -0.15) is 0 Å². The second-order valence-corrected chi connectivity index (χ2v) is 6.60. The molecular formula is C19H25FN2O2. The molecule has 1 saturated heterocycles. The van der Waals surface area contributed by atoms with Crippen LogP contribution in [0.3, 0.4) is 0 Å². The number of nitrogens with one attached hydrogen (secondary N) is 2. The number of ether oxygens (including phenoxy) is 1. The van der Waals surface area contributed by atoms with Crippen molar-refractivity contribution in [3.05, 3.63) is 35.8 Å². The van der Waals surface area contributed by atoms with Crippen LogP contribution in [0.5, 0.6) is 0 Å². The molecule has 5 heteroatoms. The topological polar surface area (TPSA) is 54.1 Å². The van der Waals surface area contributed by atoms with E-state index in [1.807, 2.05) is 6.20 Å². The third-order valence-corrected chi connectivity index (χ3v) is 4.85. The van der Waals surface area contributed by atoms with Crippen LogP contribution in [0.15, 0.2) is 24.4 Å². The van der Waals surface area contributed by atoms with Gasteiger partial charge in [-0.15, -0.1) is 0 Å². The van der Waals surface area contributed by atoms with Crippen molar-refractivity contribution in [2.45, 2.75) is 45.1 Å². The first-order chi connectivity index (χ1) is 11.7. The van der Waals surface area contributed by atoms with Gasteiger partial charge in [0.05, 0.1) is 6.10 Å². The van der Waals surface area contributed by atoms with Crippen LogP contribution in [0, 0.1) is 11.7 Å². The number of amides is 1. The number of aromatic nitrogens is 1. The van der Waals surface area contributed by atoms with Gasteiger partial charge in [0.2, 0.25) is 5.91 Å². The summed E-state index contributed by atoms with van der Waals surface area (Å²) in [5.74, 6) is 0.283. The normalized spacial score (nSPS) is 21.1. The lowest BCUT2D eigenvalue weighted by Gasteiger charge is -2.28. The van der Waals surface area contributed by atoms with Crippen molar-refractivity contribution in [2.24, 2.45) is 5.92 Å². The van der Waals surface area contributed by atoms with Gasteiger partial charge in [0, 0.05) is 36.7 Å². The number of halogens is 1. The lowest BCUT2D eigenvalue weighted by atomic mass is 9.91. The lowest BCUT2D eigenvalue weighted by molar-refractivity contribution is -0.123. The van der Waals surface area contributed by atoms with E-state index < -0.39 is 0 Å². The van der Waals surface area contributed by atoms with E-state index in [0.29, 0.717) is 31.4 Å². The average Bonchev–Trinajstić information content (AvgIpc) is 2.97. The van der Waals surface area contributed by atoms with Crippen LogP contribution in [0.2, 0.25) is 0 Å². The lowest BCUT2D eigenvalue weighted by Crippen LogP contribution is -2.31. The molecule has 3 rings (SSSR count). The molecule has 0 bridgehead atoms. The molecule has 24 heavy (non-hydrogen) atoms. The van der Waals surface area contributed by atoms with Gasteiger partial charge >= 0.3 is 0 Å². The van der Waals surface area contributed by atoms with Gasteiger partial charge in [0.25, 0.3) is 0 Å². The van der Waals surface area contributed by atoms with Crippen molar-refractivity contribution < 1.29 is 13.9 Å². The zero-order valence-corrected chi connectivity index (χ0v) is 14.1. The zero-order chi connectivity index (χ0) is 16.9. The van der Waals surface area contributed by atoms with Crippen molar-refractivity contribution >= 4 is 16.8 Å². The third-order valence-electron chi connectivity index (χ3n) is 4.85. The van der Waals surface area contributed by atoms with Crippen molar-refractivity contribution in [1.82, 2.24) is 10.3 Å². The molecule has 0 radical (unpaired) electrons. The Bertz CT molecular complexity index is 698. The fourth-order valence-corrected chi connectivity index (χ4v) is 3.46. The van der Waals surface area contributed by atoms with Gasteiger partial charge in [-0.05, 0) is 55.4 Å². The standard InChI is InChI=1S/C19H25FN2O2/c1-2-16-9-13(6-8-24-16)10-19(23)21-7-5-14-12-22-18-4-3-15(20)11-17(14)18/h3-4,11-13,16,22H,2,5-10H2,1H3,(H,21,23)/t13-,16-/m0/s1. The highest BCUT2D eigenvalue weighted by Gasteiger charge is 2.23. The number of carbonyl (C=O) groups excluding carboxylic acids is 1. The monoisotopic (exact) mass is 332 g/mol. The molecule has 1 aromatic carbocycles. The van der Waals surface area contributed by atoms with Crippen LogP contribution < -0.4 is 5.32 Å². The Hall–Kier alpha value is -1.88. The average molecular weight is 332 g/mol. The van der Waals surface area contributed by atoms with Crippen LogP contribution >= 0.6 is 0 Å². The minimum atomic E-state index is -0.239. The van der Waals surface area contributed by atoms with Gasteiger partial charge in [-0.25, -0.2) is 4.39 Å². The molecule has 2 aromatic rings. The number of aromatic amines is 1. The van der Waals surface area contributed by atoms with Crippen LogP contribution in [0.4, 0.5) is 4.39 Å². The maximum atomic E-state index is 13.4. The molecule has 1 fully saturated rings. The smallest absolute Gasteiger partial charge is 0.220 e. The van der Waals surface area contributed by atoms with Crippen LogP contribution in [-0.2, 0) is 16.0 Å². The summed E-state index contributed by atoms with van der Waals surface area (Å²) < 4.78 is 19.0. The predicted octanol–water partition coefficient (Wildman–Crippen LogP) is 3.56. The minimum Gasteiger partial charge on any atom is -0.378 e. The van der Waals surface area contributed by atoms with E-state index in [2.05, 4.69) is 17.2 Å². The number of hydrogen-bond donors (Lipinski definition) is 2. The Morgan fingerprint density at radius 1 is 1.46 bits per heavy atom. The molecule has 0 spiro atoms. The van der Waals surface area contributed by atoms with E-state index in [1.54, 1.807) is 6.07 Å². The molecule has 1 amide bonds. The molecule has 0 unspecified atom stereocenters. The number of hydrogen-bond acceptors (Lipinski definition) is 2. The Balaban J connectivity index is 1.47. The fourth-order valence-electron chi connectivity index (χ4n) is 3.46. The number of H-pyrrole nitrogens is 1. The summed E-state index contributed by atoms with van der Waals surface area (Å²) in [4.78, 5) is 15.3. The molecule has 2 atom stereocenters. The van der Waals surface area contributed by atoms with Crippen LogP contribution in [0.1, 0.15) is 38.2 Å². The first-order valence-electron chi connectivity index (χ1n) is 8.79. The summed E-state index contributed by atoms with van der Waals surface area (Å²) in [7, 11) is 0. The Kier molecular flexibility index (Phi) is 5.51. The molecule has 1 aliphatic rings. The maximum absolute atomic E-state index is 13.4. The van der Waals surface area contributed by atoms with Gasteiger partial charge < -0.3 is 15.0 Å². The van der Waals surface area contributed by atoms with Crippen LogP contribution in [-0.4, -0.2) is 30.1 Å².